The number of nitro groups is 1. The molecule has 0 saturated heterocycles. The molecule has 0 aliphatic rings. The Balaban J connectivity index is 1.99. The van der Waals surface area contributed by atoms with Crippen LogP contribution in [0.3, 0.4) is 0 Å². The van der Waals surface area contributed by atoms with Gasteiger partial charge in [-0.15, -0.1) is 5.10 Å². The molecule has 0 radical (unpaired) electrons. The Kier molecular flexibility index (Phi) is 3.90. The van der Waals surface area contributed by atoms with E-state index in [2.05, 4.69) is 10.2 Å². The van der Waals surface area contributed by atoms with E-state index in [1.807, 2.05) is 35.9 Å². The number of para-hydroxylation sites is 2. The zero-order valence-corrected chi connectivity index (χ0v) is 12.9. The summed E-state index contributed by atoms with van der Waals surface area (Å²) in [5, 5.41) is 28.7. The van der Waals surface area contributed by atoms with Crippen molar-refractivity contribution in [1.29, 1.82) is 0 Å². The minimum absolute atomic E-state index is 0.242. The van der Waals surface area contributed by atoms with E-state index in [-0.39, 0.29) is 11.3 Å². The van der Waals surface area contributed by atoms with Crippen molar-refractivity contribution in [2.45, 2.75) is 0 Å². The van der Waals surface area contributed by atoms with E-state index in [0.29, 0.717) is 4.80 Å². The molecule has 0 atom stereocenters. The molecule has 0 unspecified atom stereocenters. The Bertz CT molecular complexity index is 988. The minimum Gasteiger partial charge on any atom is -0.502 e. The maximum Gasteiger partial charge on any atom is 0.311 e. The van der Waals surface area contributed by atoms with Crippen molar-refractivity contribution in [2.24, 2.45) is 17.3 Å². The third-order valence-corrected chi connectivity index (χ3v) is 4.40. The van der Waals surface area contributed by atoms with Gasteiger partial charge in [0.1, 0.15) is 0 Å². The SMILES string of the molecule is Cn1/c(=N\N=C\c2cccc([N+](=O)[O-])c2O)sc2ccccc21. The topological polar surface area (TPSA) is 93.0 Å². The Hall–Kier alpha value is -3.00. The van der Waals surface area contributed by atoms with E-state index in [4.69, 9.17) is 0 Å². The van der Waals surface area contributed by atoms with Gasteiger partial charge in [0.25, 0.3) is 0 Å². The van der Waals surface area contributed by atoms with Crippen LogP contribution >= 0.6 is 11.3 Å². The van der Waals surface area contributed by atoms with E-state index in [1.54, 1.807) is 0 Å². The van der Waals surface area contributed by atoms with Crippen molar-refractivity contribution in [3.05, 3.63) is 62.9 Å². The largest absolute Gasteiger partial charge is 0.502 e. The average molecular weight is 328 g/mol. The fourth-order valence-electron chi connectivity index (χ4n) is 2.12. The molecule has 1 aromatic heterocycles. The standard InChI is InChI=1S/C15H12N4O3S/c1-18-11-6-2-3-8-13(11)23-15(18)17-16-9-10-5-4-7-12(14(10)20)19(21)22/h2-9,20H,1H3/b16-9+,17-15+. The smallest absolute Gasteiger partial charge is 0.311 e. The van der Waals surface area contributed by atoms with Gasteiger partial charge in [-0.25, -0.2) is 0 Å². The molecule has 0 aliphatic carbocycles. The number of phenolic OH excluding ortho intramolecular Hbond substituents is 1. The van der Waals surface area contributed by atoms with Gasteiger partial charge < -0.3 is 9.67 Å². The minimum atomic E-state index is -0.643. The average Bonchev–Trinajstić information content (AvgIpc) is 2.85. The Morgan fingerprint density at radius 3 is 2.78 bits per heavy atom. The van der Waals surface area contributed by atoms with Crippen LogP contribution in [0.2, 0.25) is 0 Å². The van der Waals surface area contributed by atoms with Crippen LogP contribution < -0.4 is 4.80 Å². The fourth-order valence-corrected chi connectivity index (χ4v) is 3.09. The molecule has 0 spiro atoms. The summed E-state index contributed by atoms with van der Waals surface area (Å²) in [6.07, 6.45) is 1.30. The van der Waals surface area contributed by atoms with Crippen molar-refractivity contribution in [2.75, 3.05) is 0 Å². The lowest BCUT2D eigenvalue weighted by Gasteiger charge is -1.98. The van der Waals surface area contributed by atoms with Crippen LogP contribution in [-0.2, 0) is 7.05 Å². The van der Waals surface area contributed by atoms with E-state index in [0.717, 1.165) is 10.2 Å². The first-order chi connectivity index (χ1) is 11.1. The predicted octanol–water partition coefficient (Wildman–Crippen LogP) is 2.79. The first kappa shape index (κ1) is 14.9. The lowest BCUT2D eigenvalue weighted by Crippen LogP contribution is -2.08. The van der Waals surface area contributed by atoms with Crippen molar-refractivity contribution in [3.63, 3.8) is 0 Å². The molecule has 116 valence electrons. The van der Waals surface area contributed by atoms with Crippen LogP contribution in [-0.4, -0.2) is 20.8 Å². The Morgan fingerprint density at radius 2 is 2.04 bits per heavy atom. The normalized spacial score (nSPS) is 12.3. The number of rotatable bonds is 3. The quantitative estimate of drug-likeness (QED) is 0.455. The number of fused-ring (bicyclic) bond motifs is 1. The molecule has 2 aromatic carbocycles. The van der Waals surface area contributed by atoms with E-state index in [9.17, 15) is 15.2 Å². The first-order valence-corrected chi connectivity index (χ1v) is 7.47. The zero-order valence-electron chi connectivity index (χ0n) is 12.1. The van der Waals surface area contributed by atoms with Crippen LogP contribution in [0, 0.1) is 10.1 Å². The summed E-state index contributed by atoms with van der Waals surface area (Å²) >= 11 is 1.48. The summed E-state index contributed by atoms with van der Waals surface area (Å²) in [5.74, 6) is -0.419. The molecule has 0 amide bonds. The van der Waals surface area contributed by atoms with Crippen molar-refractivity contribution < 1.29 is 10.0 Å². The van der Waals surface area contributed by atoms with Gasteiger partial charge in [-0.2, -0.15) is 5.10 Å². The van der Waals surface area contributed by atoms with Crippen LogP contribution in [0.5, 0.6) is 5.75 Å². The number of hydrogen-bond donors (Lipinski definition) is 1. The number of aryl methyl sites for hydroxylation is 1. The first-order valence-electron chi connectivity index (χ1n) is 6.66. The molecular weight excluding hydrogens is 316 g/mol. The third-order valence-electron chi connectivity index (χ3n) is 3.30. The number of nitrogens with zero attached hydrogens (tertiary/aromatic N) is 4. The third kappa shape index (κ3) is 2.84. The molecule has 0 saturated carbocycles. The summed E-state index contributed by atoms with van der Waals surface area (Å²) in [4.78, 5) is 10.8. The van der Waals surface area contributed by atoms with Gasteiger partial charge in [-0.05, 0) is 18.2 Å². The molecule has 0 bridgehead atoms. The molecule has 8 heteroatoms. The highest BCUT2D eigenvalue weighted by Gasteiger charge is 2.14. The Labute approximate surface area is 134 Å². The predicted molar refractivity (Wildman–Crippen MR) is 88.7 cm³/mol. The van der Waals surface area contributed by atoms with Crippen LogP contribution in [0.25, 0.3) is 10.2 Å². The monoisotopic (exact) mass is 328 g/mol. The van der Waals surface area contributed by atoms with Gasteiger partial charge in [-0.3, -0.25) is 10.1 Å². The second-order valence-corrected chi connectivity index (χ2v) is 5.74. The summed E-state index contributed by atoms with van der Waals surface area (Å²) in [7, 11) is 1.89. The molecule has 0 aliphatic heterocycles. The summed E-state index contributed by atoms with van der Waals surface area (Å²) in [6, 6.07) is 12.1. The van der Waals surface area contributed by atoms with E-state index >= 15 is 0 Å². The molecule has 3 rings (SSSR count). The lowest BCUT2D eigenvalue weighted by atomic mass is 10.2. The van der Waals surface area contributed by atoms with Crippen LogP contribution in [0.4, 0.5) is 5.69 Å². The lowest BCUT2D eigenvalue weighted by molar-refractivity contribution is -0.385. The highest BCUT2D eigenvalue weighted by atomic mass is 32.1. The van der Waals surface area contributed by atoms with Crippen molar-refractivity contribution >= 4 is 33.5 Å². The van der Waals surface area contributed by atoms with Crippen LogP contribution in [0.15, 0.2) is 52.7 Å². The fraction of sp³-hybridized carbons (Fsp3) is 0.0667. The van der Waals surface area contributed by atoms with Gasteiger partial charge in [0.2, 0.25) is 10.6 Å². The van der Waals surface area contributed by atoms with Crippen molar-refractivity contribution in [1.82, 2.24) is 4.57 Å². The molecule has 3 aromatic rings. The van der Waals surface area contributed by atoms with E-state index < -0.39 is 10.7 Å². The summed E-state index contributed by atoms with van der Waals surface area (Å²) in [6.45, 7) is 0. The number of thiazole rings is 1. The molecule has 0 fully saturated rings. The highest BCUT2D eigenvalue weighted by molar-refractivity contribution is 7.16. The number of benzene rings is 2. The van der Waals surface area contributed by atoms with Crippen LogP contribution in [0.1, 0.15) is 5.56 Å². The van der Waals surface area contributed by atoms with Gasteiger partial charge in [0.15, 0.2) is 0 Å². The molecular formula is C15H12N4O3S. The number of aromatic hydroxyl groups is 1. The van der Waals surface area contributed by atoms with Gasteiger partial charge >= 0.3 is 5.69 Å². The van der Waals surface area contributed by atoms with Gasteiger partial charge in [0, 0.05) is 18.7 Å². The second-order valence-electron chi connectivity index (χ2n) is 4.73. The molecule has 1 N–H and O–H groups in total. The zero-order chi connectivity index (χ0) is 16.4. The van der Waals surface area contributed by atoms with E-state index in [1.165, 1.54) is 35.8 Å². The summed E-state index contributed by atoms with van der Waals surface area (Å²) in [5.41, 5.74) is 0.928. The van der Waals surface area contributed by atoms with Gasteiger partial charge in [0.05, 0.1) is 21.4 Å². The molecule has 23 heavy (non-hydrogen) atoms. The number of hydrogen-bond acceptors (Lipinski definition) is 6. The molecule has 7 nitrogen and oxygen atoms in total. The van der Waals surface area contributed by atoms with Crippen molar-refractivity contribution in [3.8, 4) is 5.75 Å². The number of nitro benzene ring substituents is 1. The number of aromatic nitrogens is 1. The Morgan fingerprint density at radius 1 is 1.26 bits per heavy atom. The highest BCUT2D eigenvalue weighted by Crippen LogP contribution is 2.27. The number of phenols is 1. The second kappa shape index (κ2) is 6.01. The summed E-state index contributed by atoms with van der Waals surface area (Å²) < 4.78 is 2.99. The molecule has 1 heterocycles. The maximum absolute atomic E-state index is 10.8. The van der Waals surface area contributed by atoms with Gasteiger partial charge in [-0.1, -0.05) is 29.5 Å². The maximum atomic E-state index is 10.8.